The van der Waals surface area contributed by atoms with Gasteiger partial charge in [0.2, 0.25) is 0 Å². The van der Waals surface area contributed by atoms with Crippen molar-refractivity contribution in [2.24, 2.45) is 0 Å². The van der Waals surface area contributed by atoms with E-state index in [0.717, 1.165) is 11.4 Å². The van der Waals surface area contributed by atoms with E-state index < -0.39 is 0 Å². The van der Waals surface area contributed by atoms with E-state index in [0.29, 0.717) is 0 Å². The first-order valence-corrected chi connectivity index (χ1v) is 15.0. The Bertz CT molecular complexity index is 2010. The lowest BCUT2D eigenvalue weighted by Gasteiger charge is -2.30. The van der Waals surface area contributed by atoms with Crippen molar-refractivity contribution < 1.29 is 0 Å². The van der Waals surface area contributed by atoms with Crippen LogP contribution in [-0.4, -0.2) is 0 Å². The first-order valence-electron chi connectivity index (χ1n) is 14.2. The van der Waals surface area contributed by atoms with Crippen LogP contribution >= 0.6 is 11.3 Å². The second-order valence-corrected chi connectivity index (χ2v) is 12.5. The zero-order valence-electron chi connectivity index (χ0n) is 23.1. The third-order valence-corrected chi connectivity index (χ3v) is 9.75. The molecule has 1 nitrogen and oxygen atoms in total. The van der Waals surface area contributed by atoms with Gasteiger partial charge in [-0.25, -0.2) is 0 Å². The minimum absolute atomic E-state index is 0.127. The highest BCUT2D eigenvalue weighted by Crippen LogP contribution is 2.59. The molecule has 0 aliphatic heterocycles. The number of fused-ring (bicyclic) bond motifs is 6. The Morgan fingerprint density at radius 1 is 0.537 bits per heavy atom. The summed E-state index contributed by atoms with van der Waals surface area (Å²) in [5.74, 6) is 0. The van der Waals surface area contributed by atoms with Gasteiger partial charge in [-0.3, -0.25) is 0 Å². The molecule has 196 valence electrons. The van der Waals surface area contributed by atoms with Crippen molar-refractivity contribution in [2.75, 3.05) is 4.90 Å². The molecule has 1 heterocycles. The Kier molecular flexibility index (Phi) is 5.42. The summed E-state index contributed by atoms with van der Waals surface area (Å²) in [5.41, 5.74) is 11.4. The predicted octanol–water partition coefficient (Wildman–Crippen LogP) is 11.5. The van der Waals surface area contributed by atoms with Gasteiger partial charge in [0.15, 0.2) is 0 Å². The van der Waals surface area contributed by atoms with Gasteiger partial charge in [0.1, 0.15) is 0 Å². The van der Waals surface area contributed by atoms with Gasteiger partial charge in [-0.1, -0.05) is 111 Å². The molecule has 1 aliphatic carbocycles. The molecule has 0 saturated heterocycles. The van der Waals surface area contributed by atoms with Crippen LogP contribution in [0.5, 0.6) is 0 Å². The van der Waals surface area contributed by atoms with E-state index in [4.69, 9.17) is 0 Å². The maximum absolute atomic E-state index is 2.49. The van der Waals surface area contributed by atoms with E-state index >= 15 is 0 Å². The fourth-order valence-corrected chi connectivity index (χ4v) is 7.82. The third kappa shape index (κ3) is 3.68. The van der Waals surface area contributed by atoms with Gasteiger partial charge in [-0.15, -0.1) is 11.3 Å². The summed E-state index contributed by atoms with van der Waals surface area (Å²) in [5, 5.41) is 2.64. The van der Waals surface area contributed by atoms with Crippen LogP contribution in [0.3, 0.4) is 0 Å². The Morgan fingerprint density at radius 3 is 1.83 bits per heavy atom. The molecular formula is C39H29NS. The lowest BCUT2D eigenvalue weighted by molar-refractivity contribution is 0.661. The van der Waals surface area contributed by atoms with Crippen molar-refractivity contribution in [3.8, 4) is 22.3 Å². The molecule has 0 saturated carbocycles. The number of hydrogen-bond acceptors (Lipinski definition) is 2. The molecule has 0 atom stereocenters. The van der Waals surface area contributed by atoms with Crippen LogP contribution < -0.4 is 4.90 Å². The predicted molar refractivity (Wildman–Crippen MR) is 177 cm³/mol. The molecule has 0 amide bonds. The fourth-order valence-electron chi connectivity index (χ4n) is 6.67. The molecule has 1 aromatic heterocycles. The van der Waals surface area contributed by atoms with Crippen LogP contribution in [0, 0.1) is 0 Å². The van der Waals surface area contributed by atoms with E-state index in [2.05, 4.69) is 158 Å². The van der Waals surface area contributed by atoms with E-state index in [9.17, 15) is 0 Å². The van der Waals surface area contributed by atoms with Crippen molar-refractivity contribution in [1.29, 1.82) is 0 Å². The third-order valence-electron chi connectivity index (χ3n) is 8.64. The Hall–Kier alpha value is -4.66. The number of thiophene rings is 1. The maximum atomic E-state index is 2.49. The monoisotopic (exact) mass is 543 g/mol. The summed E-state index contributed by atoms with van der Waals surface area (Å²) >= 11 is 1.90. The van der Waals surface area contributed by atoms with Gasteiger partial charge in [-0.2, -0.15) is 0 Å². The lowest BCUT2D eigenvalue weighted by Crippen LogP contribution is -2.16. The first-order chi connectivity index (χ1) is 20.1. The normalized spacial score (nSPS) is 13.3. The van der Waals surface area contributed by atoms with E-state index in [1.54, 1.807) is 0 Å². The van der Waals surface area contributed by atoms with Gasteiger partial charge in [-0.05, 0) is 70.3 Å². The van der Waals surface area contributed by atoms with Gasteiger partial charge in [0.25, 0.3) is 0 Å². The molecular weight excluding hydrogens is 515 g/mol. The molecule has 0 radical (unpaired) electrons. The Labute approximate surface area is 245 Å². The Balaban J connectivity index is 1.55. The zero-order valence-corrected chi connectivity index (χ0v) is 24.0. The van der Waals surface area contributed by atoms with Crippen molar-refractivity contribution in [3.05, 3.63) is 151 Å². The topological polar surface area (TPSA) is 3.24 Å². The SMILES string of the molecule is CC1(C)c2ccc(-c3ccccc3)cc2-c2c1cc1sc3ccccc3c1c2N(c1ccccc1)c1ccccc1. The van der Waals surface area contributed by atoms with Crippen LogP contribution in [0.15, 0.2) is 140 Å². The standard InChI is InChI=1S/C39H29NS/c1-39(2)32-23-22-27(26-14-6-3-7-15-26)24-31(32)36-33(39)25-35-37(30-20-12-13-21-34(30)41-35)38(36)40(28-16-8-4-9-17-28)29-18-10-5-11-19-29/h3-25H,1-2H3. The fraction of sp³-hybridized carbons (Fsp3) is 0.0769. The molecule has 0 unspecified atom stereocenters. The maximum Gasteiger partial charge on any atom is 0.0636 e. The smallest absolute Gasteiger partial charge is 0.0636 e. The van der Waals surface area contributed by atoms with Crippen LogP contribution in [-0.2, 0) is 5.41 Å². The highest BCUT2D eigenvalue weighted by molar-refractivity contribution is 7.26. The summed E-state index contributed by atoms with van der Waals surface area (Å²) in [6, 6.07) is 50.9. The second kappa shape index (κ2) is 9.19. The van der Waals surface area contributed by atoms with Gasteiger partial charge in [0, 0.05) is 42.5 Å². The molecule has 41 heavy (non-hydrogen) atoms. The minimum atomic E-state index is -0.127. The first kappa shape index (κ1) is 24.2. The van der Waals surface area contributed by atoms with Gasteiger partial charge in [0.05, 0.1) is 5.69 Å². The minimum Gasteiger partial charge on any atom is -0.309 e. The van der Waals surface area contributed by atoms with Crippen LogP contribution in [0.4, 0.5) is 17.1 Å². The Morgan fingerprint density at radius 2 is 1.15 bits per heavy atom. The molecule has 6 aromatic carbocycles. The number of benzene rings is 6. The van der Waals surface area contributed by atoms with Crippen LogP contribution in [0.1, 0.15) is 25.0 Å². The molecule has 0 N–H and O–H groups in total. The summed E-state index contributed by atoms with van der Waals surface area (Å²) in [7, 11) is 0. The quantitative estimate of drug-likeness (QED) is 0.213. The summed E-state index contributed by atoms with van der Waals surface area (Å²) in [4.78, 5) is 2.49. The molecule has 0 spiro atoms. The molecule has 1 aliphatic rings. The zero-order chi connectivity index (χ0) is 27.6. The van der Waals surface area contributed by atoms with E-state index in [1.165, 1.54) is 59.2 Å². The second-order valence-electron chi connectivity index (χ2n) is 11.4. The van der Waals surface area contributed by atoms with Crippen molar-refractivity contribution in [1.82, 2.24) is 0 Å². The molecule has 2 heteroatoms. The van der Waals surface area contributed by atoms with Gasteiger partial charge >= 0.3 is 0 Å². The van der Waals surface area contributed by atoms with Crippen LogP contribution in [0.2, 0.25) is 0 Å². The molecule has 7 aromatic rings. The summed E-state index contributed by atoms with van der Waals surface area (Å²) in [6.07, 6.45) is 0. The van der Waals surface area contributed by atoms with E-state index in [-0.39, 0.29) is 5.41 Å². The highest BCUT2D eigenvalue weighted by Gasteiger charge is 2.40. The van der Waals surface area contributed by atoms with Crippen LogP contribution in [0.25, 0.3) is 42.4 Å². The summed E-state index contributed by atoms with van der Waals surface area (Å²) in [6.45, 7) is 4.77. The van der Waals surface area contributed by atoms with Crippen molar-refractivity contribution >= 4 is 48.6 Å². The highest BCUT2D eigenvalue weighted by atomic mass is 32.1. The lowest BCUT2D eigenvalue weighted by atomic mass is 9.82. The molecule has 0 bridgehead atoms. The molecule has 8 rings (SSSR count). The summed E-state index contributed by atoms with van der Waals surface area (Å²) < 4.78 is 2.66. The largest absolute Gasteiger partial charge is 0.309 e. The number of rotatable bonds is 4. The average Bonchev–Trinajstić information content (AvgIpc) is 3.50. The van der Waals surface area contributed by atoms with Crippen molar-refractivity contribution in [3.63, 3.8) is 0 Å². The van der Waals surface area contributed by atoms with Gasteiger partial charge < -0.3 is 4.90 Å². The average molecular weight is 544 g/mol. The number of para-hydroxylation sites is 2. The van der Waals surface area contributed by atoms with E-state index in [1.807, 2.05) is 11.3 Å². The van der Waals surface area contributed by atoms with Crippen molar-refractivity contribution in [2.45, 2.75) is 19.3 Å². The molecule has 0 fully saturated rings. The number of anilines is 3. The number of nitrogens with zero attached hydrogens (tertiary/aromatic N) is 1. The number of hydrogen-bond donors (Lipinski definition) is 0.